The highest BCUT2D eigenvalue weighted by atomic mass is 16.5. The van der Waals surface area contributed by atoms with Gasteiger partial charge in [-0.25, -0.2) is 14.3 Å². The summed E-state index contributed by atoms with van der Waals surface area (Å²) < 4.78 is 6.46. The van der Waals surface area contributed by atoms with Gasteiger partial charge < -0.3 is 4.74 Å². The minimum absolute atomic E-state index is 0.0512. The zero-order valence-electron chi connectivity index (χ0n) is 9.17. The van der Waals surface area contributed by atoms with Crippen LogP contribution < -0.4 is 0 Å². The van der Waals surface area contributed by atoms with Crippen LogP contribution in [-0.4, -0.2) is 32.2 Å². The lowest BCUT2D eigenvalue weighted by Gasteiger charge is -1.97. The highest BCUT2D eigenvalue weighted by Crippen LogP contribution is 2.03. The third-order valence-corrected chi connectivity index (χ3v) is 2.05. The van der Waals surface area contributed by atoms with Crippen molar-refractivity contribution >= 4 is 11.7 Å². The fourth-order valence-electron chi connectivity index (χ4n) is 1.25. The van der Waals surface area contributed by atoms with E-state index in [1.807, 2.05) is 13.8 Å². The topological polar surface area (TPSA) is 69.4 Å². The van der Waals surface area contributed by atoms with E-state index in [2.05, 4.69) is 15.1 Å². The number of nitrogens with zero attached hydrogens (tertiary/aromatic N) is 4. The van der Waals surface area contributed by atoms with E-state index in [0.29, 0.717) is 12.4 Å². The van der Waals surface area contributed by atoms with Gasteiger partial charge in [0.1, 0.15) is 0 Å². The van der Waals surface area contributed by atoms with Gasteiger partial charge in [-0.05, 0) is 19.4 Å². The van der Waals surface area contributed by atoms with E-state index in [4.69, 9.17) is 4.74 Å². The van der Waals surface area contributed by atoms with Crippen molar-refractivity contribution in [2.24, 2.45) is 0 Å². The van der Waals surface area contributed by atoms with Gasteiger partial charge in [-0.2, -0.15) is 4.98 Å². The van der Waals surface area contributed by atoms with E-state index in [-0.39, 0.29) is 5.82 Å². The summed E-state index contributed by atoms with van der Waals surface area (Å²) in [5, 5.41) is 4.03. The number of hydrogen-bond acceptors (Lipinski definition) is 5. The van der Waals surface area contributed by atoms with Gasteiger partial charge in [-0.1, -0.05) is 6.92 Å². The van der Waals surface area contributed by atoms with Crippen LogP contribution in [0.25, 0.3) is 5.78 Å². The van der Waals surface area contributed by atoms with Crippen LogP contribution in [0.4, 0.5) is 0 Å². The molecule has 0 radical (unpaired) electrons. The van der Waals surface area contributed by atoms with Crippen LogP contribution in [0, 0.1) is 6.92 Å². The van der Waals surface area contributed by atoms with Gasteiger partial charge in [0.2, 0.25) is 0 Å². The van der Waals surface area contributed by atoms with Crippen LogP contribution >= 0.6 is 0 Å². The van der Waals surface area contributed by atoms with Crippen molar-refractivity contribution in [3.05, 3.63) is 23.8 Å². The molecule has 0 aliphatic carbocycles. The molecule has 2 rings (SSSR count). The normalized spacial score (nSPS) is 10.6. The summed E-state index contributed by atoms with van der Waals surface area (Å²) in [6.07, 6.45) is 2.40. The number of aromatic nitrogens is 4. The highest BCUT2D eigenvalue weighted by molar-refractivity contribution is 5.85. The number of carbonyl (C=O) groups excluding carboxylic acids is 1. The van der Waals surface area contributed by atoms with Crippen molar-refractivity contribution in [3.63, 3.8) is 0 Å². The predicted octanol–water partition coefficient (Wildman–Crippen LogP) is 1.000. The number of esters is 1. The summed E-state index contributed by atoms with van der Waals surface area (Å²) in [6, 6.07) is 1.79. The molecule has 0 fully saturated rings. The highest BCUT2D eigenvalue weighted by Gasteiger charge is 2.15. The summed E-state index contributed by atoms with van der Waals surface area (Å²) in [4.78, 5) is 19.5. The lowest BCUT2D eigenvalue weighted by Crippen LogP contribution is -2.08. The first kappa shape index (κ1) is 10.5. The van der Waals surface area contributed by atoms with Gasteiger partial charge in [-0.3, -0.25) is 0 Å². The number of aryl methyl sites for hydroxylation is 1. The van der Waals surface area contributed by atoms with Crippen molar-refractivity contribution in [3.8, 4) is 0 Å². The average molecular weight is 220 g/mol. The number of hydrogen-bond donors (Lipinski definition) is 0. The van der Waals surface area contributed by atoms with Gasteiger partial charge in [0.15, 0.2) is 0 Å². The number of rotatable bonds is 3. The number of fused-ring (bicyclic) bond motifs is 1. The Hall–Kier alpha value is -1.98. The minimum atomic E-state index is -0.508. The van der Waals surface area contributed by atoms with Crippen LogP contribution in [0.3, 0.4) is 0 Å². The van der Waals surface area contributed by atoms with E-state index in [1.54, 1.807) is 12.3 Å². The van der Waals surface area contributed by atoms with Gasteiger partial charge >= 0.3 is 5.97 Å². The first-order valence-electron chi connectivity index (χ1n) is 5.08. The Morgan fingerprint density at radius 2 is 2.38 bits per heavy atom. The molecule has 2 aromatic rings. The first-order valence-corrected chi connectivity index (χ1v) is 5.08. The molecule has 0 spiro atoms. The molecule has 0 atom stereocenters. The summed E-state index contributed by atoms with van der Waals surface area (Å²) in [5.41, 5.74) is 0.868. The Bertz CT molecular complexity index is 521. The Balaban J connectivity index is 2.32. The second-order valence-electron chi connectivity index (χ2n) is 3.37. The van der Waals surface area contributed by atoms with E-state index < -0.39 is 5.97 Å². The second kappa shape index (κ2) is 4.26. The van der Waals surface area contributed by atoms with E-state index in [0.717, 1.165) is 12.1 Å². The monoisotopic (exact) mass is 220 g/mol. The summed E-state index contributed by atoms with van der Waals surface area (Å²) in [5.74, 6) is -0.0505. The van der Waals surface area contributed by atoms with Crippen LogP contribution in [-0.2, 0) is 4.74 Å². The molecule has 0 bridgehead atoms. The Morgan fingerprint density at radius 3 is 3.06 bits per heavy atom. The van der Waals surface area contributed by atoms with Crippen LogP contribution in [0.15, 0.2) is 12.3 Å². The maximum atomic E-state index is 11.5. The molecule has 0 saturated heterocycles. The summed E-state index contributed by atoms with van der Waals surface area (Å²) >= 11 is 0. The quantitative estimate of drug-likeness (QED) is 0.722. The molecule has 0 aromatic carbocycles. The lowest BCUT2D eigenvalue weighted by molar-refractivity contribution is 0.0491. The predicted molar refractivity (Wildman–Crippen MR) is 56.1 cm³/mol. The molecule has 0 aliphatic heterocycles. The van der Waals surface area contributed by atoms with Crippen molar-refractivity contribution in [2.45, 2.75) is 20.3 Å². The van der Waals surface area contributed by atoms with Gasteiger partial charge in [0.25, 0.3) is 11.6 Å². The third-order valence-electron chi connectivity index (χ3n) is 2.05. The average Bonchev–Trinajstić information content (AvgIpc) is 2.71. The van der Waals surface area contributed by atoms with Gasteiger partial charge in [-0.15, -0.1) is 5.10 Å². The maximum absolute atomic E-state index is 11.5. The minimum Gasteiger partial charge on any atom is -0.460 e. The fourth-order valence-corrected chi connectivity index (χ4v) is 1.25. The fraction of sp³-hybridized carbons (Fsp3) is 0.400. The molecule has 0 amide bonds. The molecule has 16 heavy (non-hydrogen) atoms. The molecule has 0 aliphatic rings. The summed E-state index contributed by atoms with van der Waals surface area (Å²) in [7, 11) is 0. The zero-order valence-corrected chi connectivity index (χ0v) is 9.17. The van der Waals surface area contributed by atoms with Crippen molar-refractivity contribution in [1.29, 1.82) is 0 Å². The maximum Gasteiger partial charge on any atom is 0.378 e. The third kappa shape index (κ3) is 1.86. The van der Waals surface area contributed by atoms with Crippen LogP contribution in [0.1, 0.15) is 29.7 Å². The smallest absolute Gasteiger partial charge is 0.378 e. The second-order valence-corrected chi connectivity index (χ2v) is 3.37. The van der Waals surface area contributed by atoms with Crippen LogP contribution in [0.5, 0.6) is 0 Å². The Morgan fingerprint density at radius 1 is 1.56 bits per heavy atom. The number of ether oxygens (including phenoxy) is 1. The summed E-state index contributed by atoms with van der Waals surface area (Å²) in [6.45, 7) is 4.17. The van der Waals surface area contributed by atoms with Crippen molar-refractivity contribution in [1.82, 2.24) is 19.6 Å². The van der Waals surface area contributed by atoms with Gasteiger partial charge in [0.05, 0.1) is 6.61 Å². The largest absolute Gasteiger partial charge is 0.460 e. The van der Waals surface area contributed by atoms with E-state index >= 15 is 0 Å². The van der Waals surface area contributed by atoms with Gasteiger partial charge in [0, 0.05) is 11.9 Å². The molecular formula is C10H12N4O2. The molecule has 6 nitrogen and oxygen atoms in total. The van der Waals surface area contributed by atoms with Crippen LogP contribution in [0.2, 0.25) is 0 Å². The molecule has 2 heterocycles. The van der Waals surface area contributed by atoms with E-state index in [1.165, 1.54) is 4.52 Å². The Kier molecular flexibility index (Phi) is 2.80. The Labute approximate surface area is 92.3 Å². The molecule has 84 valence electrons. The number of carbonyl (C=O) groups is 1. The standard InChI is InChI=1S/C10H12N4O2/c1-3-6-16-9(15)8-12-10-11-5-4-7(2)14(10)13-8/h4-5H,3,6H2,1-2H3. The molecule has 6 heteroatoms. The molecule has 0 unspecified atom stereocenters. The van der Waals surface area contributed by atoms with Crippen molar-refractivity contribution < 1.29 is 9.53 Å². The molecule has 0 N–H and O–H groups in total. The molecule has 2 aromatic heterocycles. The lowest BCUT2D eigenvalue weighted by atomic mass is 10.5. The first-order chi connectivity index (χ1) is 7.72. The van der Waals surface area contributed by atoms with Crippen molar-refractivity contribution in [2.75, 3.05) is 6.61 Å². The van der Waals surface area contributed by atoms with E-state index in [9.17, 15) is 4.79 Å². The molecular weight excluding hydrogens is 208 g/mol. The SMILES string of the molecule is CCCOC(=O)c1nc2nccc(C)n2n1. The molecule has 0 saturated carbocycles. The zero-order chi connectivity index (χ0) is 11.5.